The molecular formula is C17H16N4O4. The number of carboxylic acids is 1. The van der Waals surface area contributed by atoms with E-state index in [2.05, 4.69) is 10.6 Å². The minimum absolute atomic E-state index is 0.169. The Morgan fingerprint density at radius 2 is 1.96 bits per heavy atom. The second-order valence-corrected chi connectivity index (χ2v) is 5.51. The van der Waals surface area contributed by atoms with Crippen molar-refractivity contribution in [3.63, 3.8) is 0 Å². The van der Waals surface area contributed by atoms with Gasteiger partial charge in [0.25, 0.3) is 5.91 Å². The third-order valence-electron chi connectivity index (χ3n) is 3.78. The summed E-state index contributed by atoms with van der Waals surface area (Å²) in [7, 11) is 0. The van der Waals surface area contributed by atoms with Crippen LogP contribution in [0.3, 0.4) is 0 Å². The molecule has 1 atom stereocenters. The van der Waals surface area contributed by atoms with Crippen molar-refractivity contribution in [2.75, 3.05) is 10.6 Å². The van der Waals surface area contributed by atoms with Crippen LogP contribution in [0.5, 0.6) is 0 Å². The van der Waals surface area contributed by atoms with Gasteiger partial charge in [0.2, 0.25) is 6.17 Å². The maximum Gasteiger partial charge on any atom is 0.347 e. The third kappa shape index (κ3) is 3.23. The lowest BCUT2D eigenvalue weighted by Crippen LogP contribution is -2.61. The fourth-order valence-corrected chi connectivity index (χ4v) is 2.65. The number of hydrogen-bond donors (Lipinski definition) is 4. The number of anilines is 2. The second-order valence-electron chi connectivity index (χ2n) is 5.51. The Bertz CT molecular complexity index is 852. The number of urea groups is 1. The lowest BCUT2D eigenvalue weighted by molar-refractivity contribution is -0.139. The van der Waals surface area contributed by atoms with E-state index in [0.29, 0.717) is 5.69 Å². The van der Waals surface area contributed by atoms with E-state index in [1.165, 1.54) is 12.1 Å². The molecule has 0 aromatic heterocycles. The van der Waals surface area contributed by atoms with Crippen LogP contribution in [0, 0.1) is 0 Å². The third-order valence-corrected chi connectivity index (χ3v) is 3.78. The number of amides is 3. The zero-order valence-electron chi connectivity index (χ0n) is 13.1. The van der Waals surface area contributed by atoms with Crippen molar-refractivity contribution in [1.82, 2.24) is 10.6 Å². The lowest BCUT2D eigenvalue weighted by atomic mass is 10.1. The van der Waals surface area contributed by atoms with Crippen LogP contribution in [-0.4, -0.2) is 29.2 Å². The maximum atomic E-state index is 12.6. The van der Waals surface area contributed by atoms with Crippen LogP contribution in [0.1, 0.15) is 15.9 Å². The smallest absolute Gasteiger partial charge is 0.347 e. The highest BCUT2D eigenvalue weighted by Crippen LogP contribution is 2.26. The number of nitrogens with one attached hydrogen (secondary N) is 2. The van der Waals surface area contributed by atoms with Crippen molar-refractivity contribution >= 4 is 29.3 Å². The van der Waals surface area contributed by atoms with Gasteiger partial charge in [-0.1, -0.05) is 24.3 Å². The molecule has 0 aliphatic carbocycles. The lowest BCUT2D eigenvalue weighted by Gasteiger charge is -2.34. The fraction of sp³-hybridized carbons (Fsp3) is 0.118. The second kappa shape index (κ2) is 6.52. The Labute approximate surface area is 143 Å². The number of aliphatic carboxylic acids is 1. The van der Waals surface area contributed by atoms with Gasteiger partial charge in [0.05, 0.1) is 11.3 Å². The van der Waals surface area contributed by atoms with Crippen molar-refractivity contribution in [2.24, 2.45) is 0 Å². The van der Waals surface area contributed by atoms with E-state index < -0.39 is 24.1 Å². The number of nitrogens with two attached hydrogens (primary N) is 1. The van der Waals surface area contributed by atoms with Crippen molar-refractivity contribution in [1.29, 1.82) is 0 Å². The number of carboxylic acid groups (broad SMARTS) is 1. The highest BCUT2D eigenvalue weighted by atomic mass is 16.4. The van der Waals surface area contributed by atoms with Gasteiger partial charge in [-0.15, -0.1) is 0 Å². The number of nitrogen functional groups attached to an aromatic ring is 1. The van der Waals surface area contributed by atoms with E-state index in [0.717, 1.165) is 10.5 Å². The van der Waals surface area contributed by atoms with E-state index >= 15 is 0 Å². The van der Waals surface area contributed by atoms with Gasteiger partial charge in [-0.2, -0.15) is 0 Å². The SMILES string of the molecule is Nc1cccc(CNC(=O)N2c3ccccc3C(=O)NC2C(=O)O)c1. The van der Waals surface area contributed by atoms with Gasteiger partial charge in [0.15, 0.2) is 0 Å². The molecule has 0 saturated heterocycles. The van der Waals surface area contributed by atoms with Crippen molar-refractivity contribution in [3.05, 3.63) is 59.7 Å². The molecule has 8 nitrogen and oxygen atoms in total. The summed E-state index contributed by atoms with van der Waals surface area (Å²) >= 11 is 0. The molecule has 1 aliphatic heterocycles. The Morgan fingerprint density at radius 1 is 1.20 bits per heavy atom. The summed E-state index contributed by atoms with van der Waals surface area (Å²) in [6, 6.07) is 12.7. The summed E-state index contributed by atoms with van der Waals surface area (Å²) in [5.41, 5.74) is 7.51. The summed E-state index contributed by atoms with van der Waals surface area (Å²) in [6.07, 6.45) is -1.48. The number of nitrogens with zero attached hydrogens (tertiary/aromatic N) is 1. The zero-order chi connectivity index (χ0) is 18.0. The van der Waals surface area contributed by atoms with Crippen LogP contribution in [0.25, 0.3) is 0 Å². The number of rotatable bonds is 3. The Hall–Kier alpha value is -3.55. The highest BCUT2D eigenvalue weighted by Gasteiger charge is 2.38. The first-order chi connectivity index (χ1) is 12.0. The summed E-state index contributed by atoms with van der Waals surface area (Å²) in [6.45, 7) is 0.169. The number of carbonyl (C=O) groups is 3. The van der Waals surface area contributed by atoms with Gasteiger partial charge in [0.1, 0.15) is 0 Å². The van der Waals surface area contributed by atoms with E-state index in [4.69, 9.17) is 5.73 Å². The summed E-state index contributed by atoms with van der Waals surface area (Å²) in [4.78, 5) is 37.2. The molecule has 3 rings (SSSR count). The summed E-state index contributed by atoms with van der Waals surface area (Å²) in [5, 5.41) is 14.3. The van der Waals surface area contributed by atoms with Crippen molar-refractivity contribution in [2.45, 2.75) is 12.7 Å². The quantitative estimate of drug-likeness (QED) is 0.624. The molecular weight excluding hydrogens is 324 g/mol. The molecule has 8 heteroatoms. The van der Waals surface area contributed by atoms with Gasteiger partial charge in [-0.05, 0) is 29.8 Å². The molecule has 5 N–H and O–H groups in total. The van der Waals surface area contributed by atoms with Crippen LogP contribution >= 0.6 is 0 Å². The molecule has 1 unspecified atom stereocenters. The van der Waals surface area contributed by atoms with E-state index in [-0.39, 0.29) is 17.8 Å². The molecule has 0 radical (unpaired) electrons. The average molecular weight is 340 g/mol. The van der Waals surface area contributed by atoms with Crippen molar-refractivity contribution < 1.29 is 19.5 Å². The van der Waals surface area contributed by atoms with Gasteiger partial charge >= 0.3 is 12.0 Å². The Morgan fingerprint density at radius 3 is 2.68 bits per heavy atom. The molecule has 128 valence electrons. The minimum Gasteiger partial charge on any atom is -0.478 e. The van der Waals surface area contributed by atoms with Gasteiger partial charge in [-0.3, -0.25) is 9.69 Å². The number of carbonyl (C=O) groups excluding carboxylic acids is 2. The maximum absolute atomic E-state index is 12.6. The van der Waals surface area contributed by atoms with Crippen LogP contribution < -0.4 is 21.3 Å². The van der Waals surface area contributed by atoms with Gasteiger partial charge < -0.3 is 21.5 Å². The molecule has 25 heavy (non-hydrogen) atoms. The van der Waals surface area contributed by atoms with Crippen molar-refractivity contribution in [3.8, 4) is 0 Å². The van der Waals surface area contributed by atoms with Crippen LogP contribution in [0.15, 0.2) is 48.5 Å². The van der Waals surface area contributed by atoms with Crippen LogP contribution in [0.4, 0.5) is 16.2 Å². The highest BCUT2D eigenvalue weighted by molar-refractivity contribution is 6.11. The molecule has 2 aromatic rings. The van der Waals surface area contributed by atoms with Crippen LogP contribution in [0.2, 0.25) is 0 Å². The molecule has 0 fully saturated rings. The van der Waals surface area contributed by atoms with E-state index in [1.807, 2.05) is 0 Å². The first kappa shape index (κ1) is 16.3. The summed E-state index contributed by atoms with van der Waals surface area (Å²) in [5.74, 6) is -1.87. The molecule has 1 heterocycles. The zero-order valence-corrected chi connectivity index (χ0v) is 13.1. The predicted octanol–water partition coefficient (Wildman–Crippen LogP) is 1.14. The number of para-hydroxylation sites is 1. The monoisotopic (exact) mass is 340 g/mol. The molecule has 0 spiro atoms. The topological polar surface area (TPSA) is 125 Å². The standard InChI is InChI=1S/C17H16N4O4/c18-11-5-3-4-10(8-11)9-19-17(25)21-13-7-2-1-6-12(13)15(22)20-14(21)16(23)24/h1-8,14H,9,18H2,(H,19,25)(H,20,22)(H,23,24). The first-order valence-electron chi connectivity index (χ1n) is 7.51. The largest absolute Gasteiger partial charge is 0.478 e. The van der Waals surface area contributed by atoms with Gasteiger partial charge in [-0.25, -0.2) is 9.59 Å². The molecule has 0 saturated carbocycles. The van der Waals surface area contributed by atoms with Crippen LogP contribution in [-0.2, 0) is 11.3 Å². The Kier molecular flexibility index (Phi) is 4.25. The molecule has 0 bridgehead atoms. The number of benzene rings is 2. The fourth-order valence-electron chi connectivity index (χ4n) is 2.65. The summed E-state index contributed by atoms with van der Waals surface area (Å²) < 4.78 is 0. The number of hydrogen-bond acceptors (Lipinski definition) is 4. The van der Waals surface area contributed by atoms with Gasteiger partial charge in [0, 0.05) is 12.2 Å². The minimum atomic E-state index is -1.48. The first-order valence-corrected chi connectivity index (χ1v) is 7.51. The predicted molar refractivity (Wildman–Crippen MR) is 90.9 cm³/mol. The number of fused-ring (bicyclic) bond motifs is 1. The molecule has 1 aliphatic rings. The Balaban J connectivity index is 1.86. The van der Waals surface area contributed by atoms with E-state index in [9.17, 15) is 19.5 Å². The normalized spacial score (nSPS) is 15.9. The molecule has 2 aromatic carbocycles. The average Bonchev–Trinajstić information content (AvgIpc) is 2.59. The van der Waals surface area contributed by atoms with E-state index in [1.54, 1.807) is 36.4 Å². The molecule has 3 amide bonds.